The molecule has 3 heterocycles. The summed E-state index contributed by atoms with van der Waals surface area (Å²) in [5.41, 5.74) is 10.9. The van der Waals surface area contributed by atoms with Crippen molar-refractivity contribution in [3.8, 4) is 16.8 Å². The molecule has 2 aromatic heterocycles. The predicted molar refractivity (Wildman–Crippen MR) is 209 cm³/mol. The van der Waals surface area contributed by atoms with E-state index >= 15 is 0 Å². The third-order valence-electron chi connectivity index (χ3n) is 10.3. The standard InChI is InChI=1S/C46H34N4O/c1-49-45(31-17-7-3-8-18-31)47-44(30-15-5-2-6-16-30)48-46(49)37-24-13-23-36-42-34(22-14-26-41(42)51-43(36)37)32-27-28-40-38(29-32)35-21-11-12-25-39(35)50(40)33-19-9-4-10-20-33/h2-29,45-46H,1H3,(H,47,48). The van der Waals surface area contributed by atoms with E-state index < -0.39 is 0 Å². The smallest absolute Gasteiger partial charge is 0.142 e. The molecule has 244 valence electrons. The highest BCUT2D eigenvalue weighted by Gasteiger charge is 2.33. The Morgan fingerprint density at radius 2 is 1.27 bits per heavy atom. The van der Waals surface area contributed by atoms with Crippen molar-refractivity contribution in [1.29, 1.82) is 0 Å². The van der Waals surface area contributed by atoms with E-state index in [0.29, 0.717) is 0 Å². The van der Waals surface area contributed by atoms with Crippen molar-refractivity contribution in [2.24, 2.45) is 4.99 Å². The van der Waals surface area contributed by atoms with Crippen LogP contribution in [0.5, 0.6) is 0 Å². The Hall–Kier alpha value is -6.43. The molecule has 0 saturated heterocycles. The van der Waals surface area contributed by atoms with Crippen LogP contribution in [0.15, 0.2) is 179 Å². The molecule has 0 radical (unpaired) electrons. The minimum atomic E-state index is -0.184. The normalized spacial score (nSPS) is 16.5. The predicted octanol–water partition coefficient (Wildman–Crippen LogP) is 11.0. The van der Waals surface area contributed by atoms with Crippen molar-refractivity contribution < 1.29 is 4.42 Å². The minimum Gasteiger partial charge on any atom is -0.456 e. The van der Waals surface area contributed by atoms with Crippen LogP contribution in [0.3, 0.4) is 0 Å². The number of para-hydroxylation sites is 3. The molecular weight excluding hydrogens is 625 g/mol. The molecule has 0 amide bonds. The average molecular weight is 659 g/mol. The molecule has 51 heavy (non-hydrogen) atoms. The number of rotatable bonds is 5. The topological polar surface area (TPSA) is 45.7 Å². The lowest BCUT2D eigenvalue weighted by Gasteiger charge is -2.39. The van der Waals surface area contributed by atoms with Crippen LogP contribution in [0.2, 0.25) is 0 Å². The van der Waals surface area contributed by atoms with Crippen LogP contribution in [0.25, 0.3) is 60.6 Å². The third kappa shape index (κ3) is 4.78. The summed E-state index contributed by atoms with van der Waals surface area (Å²) in [6.45, 7) is 0. The summed E-state index contributed by atoms with van der Waals surface area (Å²) in [5.74, 6) is 0.865. The number of benzene rings is 7. The van der Waals surface area contributed by atoms with Crippen LogP contribution in [0, 0.1) is 0 Å². The van der Waals surface area contributed by atoms with E-state index in [-0.39, 0.29) is 12.3 Å². The molecule has 0 aliphatic carbocycles. The second-order valence-corrected chi connectivity index (χ2v) is 13.3. The number of aromatic nitrogens is 1. The number of nitrogens with zero attached hydrogens (tertiary/aromatic N) is 3. The van der Waals surface area contributed by atoms with Crippen LogP contribution in [0.1, 0.15) is 29.0 Å². The van der Waals surface area contributed by atoms with Gasteiger partial charge in [0.15, 0.2) is 0 Å². The molecule has 5 heteroatoms. The molecule has 2 atom stereocenters. The maximum absolute atomic E-state index is 6.84. The van der Waals surface area contributed by atoms with Gasteiger partial charge in [0.1, 0.15) is 29.3 Å². The van der Waals surface area contributed by atoms with Crippen LogP contribution >= 0.6 is 0 Å². The van der Waals surface area contributed by atoms with Crippen molar-refractivity contribution in [3.63, 3.8) is 0 Å². The monoisotopic (exact) mass is 658 g/mol. The molecule has 0 bridgehead atoms. The molecule has 0 fully saturated rings. The van der Waals surface area contributed by atoms with Crippen LogP contribution in [-0.4, -0.2) is 22.4 Å². The highest BCUT2D eigenvalue weighted by molar-refractivity contribution is 6.15. The first-order valence-corrected chi connectivity index (χ1v) is 17.4. The molecule has 10 rings (SSSR count). The van der Waals surface area contributed by atoms with E-state index in [1.807, 2.05) is 6.07 Å². The van der Waals surface area contributed by atoms with E-state index in [2.05, 4.69) is 186 Å². The van der Waals surface area contributed by atoms with Gasteiger partial charge in [-0.2, -0.15) is 0 Å². The third-order valence-corrected chi connectivity index (χ3v) is 10.3. The molecular formula is C46H34N4O. The average Bonchev–Trinajstić information content (AvgIpc) is 3.75. The summed E-state index contributed by atoms with van der Waals surface area (Å²) < 4.78 is 9.20. The Balaban J connectivity index is 1.13. The zero-order valence-corrected chi connectivity index (χ0v) is 28.1. The van der Waals surface area contributed by atoms with Crippen LogP contribution < -0.4 is 5.32 Å². The summed E-state index contributed by atoms with van der Waals surface area (Å²) in [7, 11) is 2.13. The maximum Gasteiger partial charge on any atom is 0.142 e. The zero-order chi connectivity index (χ0) is 33.9. The highest BCUT2D eigenvalue weighted by atomic mass is 16.3. The van der Waals surface area contributed by atoms with Gasteiger partial charge in [-0.15, -0.1) is 0 Å². The Kier molecular flexibility index (Phi) is 6.86. The number of fused-ring (bicyclic) bond motifs is 6. The van der Waals surface area contributed by atoms with Crippen LogP contribution in [-0.2, 0) is 0 Å². The van der Waals surface area contributed by atoms with Gasteiger partial charge in [-0.1, -0.05) is 133 Å². The fourth-order valence-electron chi connectivity index (χ4n) is 7.93. The van der Waals surface area contributed by atoms with Gasteiger partial charge in [0, 0.05) is 38.4 Å². The SMILES string of the molecule is CN1C(c2ccccc2)N=C(c2ccccc2)NC1c1cccc2c1oc1cccc(-c3ccc4c(c3)c3ccccc3n4-c3ccccc3)c12. The van der Waals surface area contributed by atoms with Gasteiger partial charge < -0.3 is 14.3 Å². The van der Waals surface area contributed by atoms with Crippen molar-refractivity contribution >= 4 is 49.6 Å². The molecule has 1 aliphatic heterocycles. The van der Waals surface area contributed by atoms with Crippen molar-refractivity contribution in [2.45, 2.75) is 12.3 Å². The molecule has 0 spiro atoms. The molecule has 7 aromatic carbocycles. The molecule has 5 nitrogen and oxygen atoms in total. The van der Waals surface area contributed by atoms with Gasteiger partial charge >= 0.3 is 0 Å². The minimum absolute atomic E-state index is 0.174. The lowest BCUT2D eigenvalue weighted by molar-refractivity contribution is 0.152. The number of amidine groups is 1. The second-order valence-electron chi connectivity index (χ2n) is 13.3. The highest BCUT2D eigenvalue weighted by Crippen LogP contribution is 2.43. The van der Waals surface area contributed by atoms with E-state index in [4.69, 9.17) is 9.41 Å². The molecule has 1 N–H and O–H groups in total. The summed E-state index contributed by atoms with van der Waals surface area (Å²) in [5, 5.41) is 8.47. The molecule has 9 aromatic rings. The van der Waals surface area contributed by atoms with Gasteiger partial charge in [-0.3, -0.25) is 4.90 Å². The van der Waals surface area contributed by atoms with Gasteiger partial charge in [-0.05, 0) is 60.1 Å². The van der Waals surface area contributed by atoms with Crippen molar-refractivity contribution in [3.05, 3.63) is 187 Å². The van der Waals surface area contributed by atoms with Gasteiger partial charge in [0.2, 0.25) is 0 Å². The molecule has 2 unspecified atom stereocenters. The number of aliphatic imine (C=N–C) groups is 1. The summed E-state index contributed by atoms with van der Waals surface area (Å²) >= 11 is 0. The maximum atomic E-state index is 6.84. The number of hydrogen-bond donors (Lipinski definition) is 1. The van der Waals surface area contributed by atoms with Crippen molar-refractivity contribution in [1.82, 2.24) is 14.8 Å². The largest absolute Gasteiger partial charge is 0.456 e. The number of hydrogen-bond acceptors (Lipinski definition) is 4. The number of furan rings is 1. The fraction of sp³-hybridized carbons (Fsp3) is 0.0652. The van der Waals surface area contributed by atoms with Gasteiger partial charge in [0.25, 0.3) is 0 Å². The lowest BCUT2D eigenvalue weighted by Crippen LogP contribution is -2.46. The Labute approximate surface area is 295 Å². The molecule has 1 aliphatic rings. The van der Waals surface area contributed by atoms with Crippen LogP contribution in [0.4, 0.5) is 0 Å². The van der Waals surface area contributed by atoms with Crippen molar-refractivity contribution in [2.75, 3.05) is 7.05 Å². The Morgan fingerprint density at radius 3 is 2.10 bits per heavy atom. The van der Waals surface area contributed by atoms with Gasteiger partial charge in [0.05, 0.1) is 11.0 Å². The summed E-state index contributed by atoms with van der Waals surface area (Å²) in [6, 6.07) is 60.0. The quantitative estimate of drug-likeness (QED) is 0.200. The summed E-state index contributed by atoms with van der Waals surface area (Å²) in [6.07, 6.45) is -0.358. The second kappa shape index (κ2) is 11.9. The van der Waals surface area contributed by atoms with E-state index in [1.54, 1.807) is 0 Å². The lowest BCUT2D eigenvalue weighted by atomic mass is 9.96. The first-order valence-electron chi connectivity index (χ1n) is 17.4. The first-order chi connectivity index (χ1) is 25.2. The first kappa shape index (κ1) is 29.5. The Morgan fingerprint density at radius 1 is 0.588 bits per heavy atom. The van der Waals surface area contributed by atoms with E-state index in [1.165, 1.54) is 21.8 Å². The van der Waals surface area contributed by atoms with E-state index in [9.17, 15) is 0 Å². The number of nitrogens with one attached hydrogen (secondary N) is 1. The zero-order valence-electron chi connectivity index (χ0n) is 28.1. The summed E-state index contributed by atoms with van der Waals surface area (Å²) in [4.78, 5) is 7.51. The molecule has 0 saturated carbocycles. The van der Waals surface area contributed by atoms with E-state index in [0.717, 1.165) is 61.3 Å². The van der Waals surface area contributed by atoms with Gasteiger partial charge in [-0.25, -0.2) is 4.99 Å². The Bertz CT molecular complexity index is 2750. The fourth-order valence-corrected chi connectivity index (χ4v) is 7.93.